The molecule has 0 bridgehead atoms. The van der Waals surface area contributed by atoms with Crippen LogP contribution in [0.3, 0.4) is 0 Å². The molecule has 0 aliphatic heterocycles. The van der Waals surface area contributed by atoms with E-state index in [4.69, 9.17) is 18.0 Å². The first-order valence-electron chi connectivity index (χ1n) is 4.76. The highest BCUT2D eigenvalue weighted by molar-refractivity contribution is 7.80. The van der Waals surface area contributed by atoms with Gasteiger partial charge in [0, 0.05) is 0 Å². The quantitative estimate of drug-likeness (QED) is 0.772. The highest BCUT2D eigenvalue weighted by atomic mass is 32.1. The Morgan fingerprint density at radius 2 is 2.38 bits per heavy atom. The number of amides is 1. The van der Waals surface area contributed by atoms with Crippen LogP contribution in [0.2, 0.25) is 0 Å². The number of hydrogen-bond donors (Lipinski definition) is 2. The number of halogens is 1. The van der Waals surface area contributed by atoms with Crippen molar-refractivity contribution in [2.45, 2.75) is 19.4 Å². The number of thiocarbonyl (C=S) groups is 1. The summed E-state index contributed by atoms with van der Waals surface area (Å²) in [6.45, 7) is 1.85. The second-order valence-corrected chi connectivity index (χ2v) is 3.67. The molecule has 0 aromatic carbocycles. The summed E-state index contributed by atoms with van der Waals surface area (Å²) in [4.78, 5) is 15.5. The maximum absolute atomic E-state index is 12.6. The summed E-state index contributed by atoms with van der Waals surface area (Å²) in [6, 6.07) is 2.11. The molecular weight excluding hydrogens is 229 g/mol. The van der Waals surface area contributed by atoms with E-state index in [9.17, 15) is 9.18 Å². The third-order valence-corrected chi connectivity index (χ3v) is 2.30. The number of nitrogens with two attached hydrogens (primary N) is 1. The summed E-state index contributed by atoms with van der Waals surface area (Å²) in [5, 5.41) is 2.61. The molecule has 0 radical (unpaired) electrons. The smallest absolute Gasteiger partial charge is 0.270 e. The summed E-state index contributed by atoms with van der Waals surface area (Å²) < 4.78 is 12.6. The van der Waals surface area contributed by atoms with Gasteiger partial charge in [0.05, 0.1) is 17.2 Å². The Balaban J connectivity index is 2.71. The summed E-state index contributed by atoms with van der Waals surface area (Å²) in [5.41, 5.74) is 5.57. The van der Waals surface area contributed by atoms with E-state index < -0.39 is 11.7 Å². The fraction of sp³-hybridized carbons (Fsp3) is 0.300. The second-order valence-electron chi connectivity index (χ2n) is 3.20. The van der Waals surface area contributed by atoms with Crippen molar-refractivity contribution in [3.8, 4) is 0 Å². The molecule has 0 saturated heterocycles. The highest BCUT2D eigenvalue weighted by Gasteiger charge is 2.14. The number of hydrogen-bond acceptors (Lipinski definition) is 3. The van der Waals surface area contributed by atoms with Crippen molar-refractivity contribution < 1.29 is 9.18 Å². The zero-order chi connectivity index (χ0) is 12.1. The number of pyridine rings is 1. The first-order chi connectivity index (χ1) is 7.54. The third-order valence-electron chi connectivity index (χ3n) is 2.02. The van der Waals surface area contributed by atoms with E-state index in [1.54, 1.807) is 0 Å². The minimum atomic E-state index is -0.488. The third kappa shape index (κ3) is 3.23. The van der Waals surface area contributed by atoms with Crippen molar-refractivity contribution in [2.24, 2.45) is 5.73 Å². The topological polar surface area (TPSA) is 68.0 Å². The summed E-state index contributed by atoms with van der Waals surface area (Å²) in [5.74, 6) is -0.905. The fourth-order valence-electron chi connectivity index (χ4n) is 1.12. The zero-order valence-corrected chi connectivity index (χ0v) is 9.55. The Labute approximate surface area is 98.1 Å². The number of aromatic nitrogens is 1. The zero-order valence-electron chi connectivity index (χ0n) is 8.74. The molecular formula is C10H12FN3OS. The molecule has 0 aliphatic carbocycles. The van der Waals surface area contributed by atoms with Crippen molar-refractivity contribution in [3.63, 3.8) is 0 Å². The second kappa shape index (κ2) is 5.50. The fourth-order valence-corrected chi connectivity index (χ4v) is 1.34. The lowest BCUT2D eigenvalue weighted by molar-refractivity contribution is 0.0941. The van der Waals surface area contributed by atoms with Gasteiger partial charge in [0.25, 0.3) is 5.91 Å². The van der Waals surface area contributed by atoms with E-state index >= 15 is 0 Å². The number of carbonyl (C=O) groups excluding carboxylic acids is 1. The van der Waals surface area contributed by atoms with E-state index in [2.05, 4.69) is 10.3 Å². The average molecular weight is 241 g/mol. The number of nitrogens with one attached hydrogen (secondary N) is 1. The molecule has 0 spiro atoms. The van der Waals surface area contributed by atoms with Gasteiger partial charge >= 0.3 is 0 Å². The highest BCUT2D eigenvalue weighted by Crippen LogP contribution is 2.00. The molecule has 86 valence electrons. The number of rotatable bonds is 4. The lowest BCUT2D eigenvalue weighted by Crippen LogP contribution is -2.43. The van der Waals surface area contributed by atoms with Gasteiger partial charge in [0.1, 0.15) is 11.5 Å². The van der Waals surface area contributed by atoms with Gasteiger partial charge in [-0.2, -0.15) is 0 Å². The van der Waals surface area contributed by atoms with Crippen LogP contribution in [0, 0.1) is 5.82 Å². The largest absolute Gasteiger partial charge is 0.392 e. The molecule has 1 rings (SSSR count). The van der Waals surface area contributed by atoms with Gasteiger partial charge < -0.3 is 11.1 Å². The van der Waals surface area contributed by atoms with Crippen LogP contribution in [0.1, 0.15) is 23.8 Å². The van der Waals surface area contributed by atoms with E-state index in [-0.39, 0.29) is 16.7 Å². The van der Waals surface area contributed by atoms with Crippen molar-refractivity contribution in [1.29, 1.82) is 0 Å². The first-order valence-corrected chi connectivity index (χ1v) is 5.17. The Hall–Kier alpha value is -1.56. The van der Waals surface area contributed by atoms with Crippen LogP contribution in [-0.4, -0.2) is 21.9 Å². The maximum Gasteiger partial charge on any atom is 0.270 e. The minimum Gasteiger partial charge on any atom is -0.392 e. The van der Waals surface area contributed by atoms with Crippen LogP contribution in [0.4, 0.5) is 4.39 Å². The summed E-state index contributed by atoms with van der Waals surface area (Å²) >= 11 is 4.79. The maximum atomic E-state index is 12.6. The van der Waals surface area contributed by atoms with E-state index in [1.807, 2.05) is 6.92 Å². The van der Waals surface area contributed by atoms with E-state index in [1.165, 1.54) is 12.1 Å². The predicted octanol–water partition coefficient (Wildman–Crippen LogP) is 1.02. The number of nitrogens with zero attached hydrogens (tertiary/aromatic N) is 1. The van der Waals surface area contributed by atoms with Gasteiger partial charge in [0.2, 0.25) is 0 Å². The molecule has 0 aliphatic rings. The standard InChI is InChI=1S/C10H12FN3OS/c1-2-7(9(12)16)14-10(15)8-4-3-6(11)5-13-8/h3-5,7H,2H2,1H3,(H2,12,16)(H,14,15). The first kappa shape index (κ1) is 12.5. The molecule has 3 N–H and O–H groups in total. The van der Waals surface area contributed by atoms with Crippen LogP contribution in [-0.2, 0) is 0 Å². The summed E-state index contributed by atoms with van der Waals surface area (Å²) in [7, 11) is 0. The van der Waals surface area contributed by atoms with E-state index in [0.717, 1.165) is 6.20 Å². The molecule has 16 heavy (non-hydrogen) atoms. The molecule has 1 unspecified atom stereocenters. The van der Waals surface area contributed by atoms with Crippen molar-refractivity contribution >= 4 is 23.1 Å². The molecule has 0 fully saturated rings. The van der Waals surface area contributed by atoms with Crippen LogP contribution >= 0.6 is 12.2 Å². The van der Waals surface area contributed by atoms with Crippen molar-refractivity contribution in [3.05, 3.63) is 29.8 Å². The lowest BCUT2D eigenvalue weighted by Gasteiger charge is -2.14. The van der Waals surface area contributed by atoms with Gasteiger partial charge in [-0.25, -0.2) is 9.37 Å². The molecule has 6 heteroatoms. The van der Waals surface area contributed by atoms with Gasteiger partial charge in [-0.1, -0.05) is 19.1 Å². The molecule has 1 atom stereocenters. The average Bonchev–Trinajstić information content (AvgIpc) is 2.26. The Morgan fingerprint density at radius 3 is 2.81 bits per heavy atom. The normalized spacial score (nSPS) is 11.9. The van der Waals surface area contributed by atoms with Gasteiger partial charge in [0.15, 0.2) is 0 Å². The SMILES string of the molecule is CCC(NC(=O)c1ccc(F)cn1)C(N)=S. The van der Waals surface area contributed by atoms with Crippen LogP contribution in [0.25, 0.3) is 0 Å². The van der Waals surface area contributed by atoms with Crippen LogP contribution < -0.4 is 11.1 Å². The van der Waals surface area contributed by atoms with Gasteiger partial charge in [-0.15, -0.1) is 0 Å². The van der Waals surface area contributed by atoms with Crippen LogP contribution in [0.15, 0.2) is 18.3 Å². The Bertz CT molecular complexity index is 394. The predicted molar refractivity (Wildman–Crippen MR) is 62.5 cm³/mol. The van der Waals surface area contributed by atoms with Crippen molar-refractivity contribution in [1.82, 2.24) is 10.3 Å². The lowest BCUT2D eigenvalue weighted by atomic mass is 10.2. The molecule has 1 heterocycles. The monoisotopic (exact) mass is 241 g/mol. The van der Waals surface area contributed by atoms with Crippen molar-refractivity contribution in [2.75, 3.05) is 0 Å². The van der Waals surface area contributed by atoms with Gasteiger partial charge in [-0.05, 0) is 18.6 Å². The van der Waals surface area contributed by atoms with Gasteiger partial charge in [-0.3, -0.25) is 4.79 Å². The molecule has 0 saturated carbocycles. The Morgan fingerprint density at radius 1 is 1.69 bits per heavy atom. The Kier molecular flexibility index (Phi) is 4.30. The molecule has 1 amide bonds. The minimum absolute atomic E-state index is 0.135. The van der Waals surface area contributed by atoms with E-state index in [0.29, 0.717) is 6.42 Å². The van der Waals surface area contributed by atoms with Crippen LogP contribution in [0.5, 0.6) is 0 Å². The molecule has 1 aromatic rings. The molecule has 4 nitrogen and oxygen atoms in total. The number of carbonyl (C=O) groups is 1. The summed E-state index contributed by atoms with van der Waals surface area (Å²) in [6.07, 6.45) is 1.58. The molecule has 1 aromatic heterocycles.